The molecule has 0 bridgehead atoms. The van der Waals surface area contributed by atoms with Crippen LogP contribution in [0.5, 0.6) is 11.5 Å². The summed E-state index contributed by atoms with van der Waals surface area (Å²) in [5, 5.41) is 0.394. The number of benzene rings is 2. The first kappa shape index (κ1) is 20.6. The van der Waals surface area contributed by atoms with Crippen molar-refractivity contribution < 1.29 is 18.7 Å². The van der Waals surface area contributed by atoms with Gasteiger partial charge in [0.05, 0.1) is 18.1 Å². The molecule has 7 heteroatoms. The van der Waals surface area contributed by atoms with Gasteiger partial charge in [-0.05, 0) is 49.2 Å². The van der Waals surface area contributed by atoms with E-state index in [4.69, 9.17) is 25.4 Å². The molecule has 1 unspecified atom stereocenters. The standard InChI is InChI=1S/C22H24N2O5/c1-27-15-7-5-14(6-8-15)18-13-28-20-12-16(9-10-17(20)21(18)25)29-22(26)19(24)4-2-3-11-23/h5-10,12-13,19H,2-4,11,23-24H2,1H3. The molecule has 29 heavy (non-hydrogen) atoms. The lowest BCUT2D eigenvalue weighted by molar-refractivity contribution is -0.136. The first-order chi connectivity index (χ1) is 14.0. The van der Waals surface area contributed by atoms with E-state index in [1.807, 2.05) is 0 Å². The van der Waals surface area contributed by atoms with E-state index in [1.54, 1.807) is 43.5 Å². The van der Waals surface area contributed by atoms with E-state index in [1.165, 1.54) is 12.3 Å². The Morgan fingerprint density at radius 1 is 1.10 bits per heavy atom. The molecule has 0 amide bonds. The molecule has 3 rings (SSSR count). The van der Waals surface area contributed by atoms with E-state index in [0.29, 0.717) is 35.2 Å². The molecule has 1 aromatic heterocycles. The van der Waals surface area contributed by atoms with Crippen LogP contribution < -0.4 is 26.4 Å². The maximum Gasteiger partial charge on any atom is 0.328 e. The Kier molecular flexibility index (Phi) is 6.64. The summed E-state index contributed by atoms with van der Waals surface area (Å²) in [7, 11) is 1.58. The van der Waals surface area contributed by atoms with Crippen molar-refractivity contribution in [3.63, 3.8) is 0 Å². The molecular weight excluding hydrogens is 372 g/mol. The van der Waals surface area contributed by atoms with Crippen molar-refractivity contribution in [3.8, 4) is 22.6 Å². The number of rotatable bonds is 8. The zero-order valence-corrected chi connectivity index (χ0v) is 16.2. The molecule has 0 saturated carbocycles. The van der Waals surface area contributed by atoms with Crippen LogP contribution in [-0.2, 0) is 4.79 Å². The SMILES string of the molecule is COc1ccc(-c2coc3cc(OC(=O)C(N)CCCCN)ccc3c2=O)cc1. The minimum atomic E-state index is -0.721. The molecule has 0 saturated heterocycles. The fraction of sp³-hybridized carbons (Fsp3) is 0.273. The number of methoxy groups -OCH3 is 1. The Hall–Kier alpha value is -3.16. The third-order valence-corrected chi connectivity index (χ3v) is 4.64. The van der Waals surface area contributed by atoms with Crippen molar-refractivity contribution in [2.75, 3.05) is 13.7 Å². The number of fused-ring (bicyclic) bond motifs is 1. The minimum Gasteiger partial charge on any atom is -0.497 e. The average Bonchev–Trinajstić information content (AvgIpc) is 2.74. The van der Waals surface area contributed by atoms with Gasteiger partial charge < -0.3 is 25.4 Å². The molecule has 0 aliphatic carbocycles. The number of esters is 1. The van der Waals surface area contributed by atoms with Gasteiger partial charge in [0.25, 0.3) is 0 Å². The highest BCUT2D eigenvalue weighted by molar-refractivity contribution is 5.84. The summed E-state index contributed by atoms with van der Waals surface area (Å²) < 4.78 is 16.1. The second-order valence-electron chi connectivity index (χ2n) is 6.68. The molecule has 152 valence electrons. The van der Waals surface area contributed by atoms with Crippen molar-refractivity contribution in [1.29, 1.82) is 0 Å². The van der Waals surface area contributed by atoms with Gasteiger partial charge in [-0.25, -0.2) is 4.79 Å². The number of carbonyl (C=O) groups excluding carboxylic acids is 1. The normalized spacial score (nSPS) is 12.0. The van der Waals surface area contributed by atoms with E-state index < -0.39 is 12.0 Å². The van der Waals surface area contributed by atoms with Crippen LogP contribution in [0.1, 0.15) is 19.3 Å². The van der Waals surface area contributed by atoms with E-state index in [2.05, 4.69) is 0 Å². The smallest absolute Gasteiger partial charge is 0.328 e. The van der Waals surface area contributed by atoms with Gasteiger partial charge in [0, 0.05) is 6.07 Å². The molecule has 0 aliphatic heterocycles. The van der Waals surface area contributed by atoms with Crippen LogP contribution in [0, 0.1) is 0 Å². The van der Waals surface area contributed by atoms with Crippen LogP contribution >= 0.6 is 0 Å². The van der Waals surface area contributed by atoms with Gasteiger partial charge in [0.15, 0.2) is 5.43 Å². The number of hydrogen-bond acceptors (Lipinski definition) is 7. The lowest BCUT2D eigenvalue weighted by atomic mass is 10.1. The van der Waals surface area contributed by atoms with Gasteiger partial charge in [-0.15, -0.1) is 0 Å². The number of carbonyl (C=O) groups is 1. The van der Waals surface area contributed by atoms with Gasteiger partial charge >= 0.3 is 5.97 Å². The molecule has 7 nitrogen and oxygen atoms in total. The van der Waals surface area contributed by atoms with Crippen LogP contribution in [-0.4, -0.2) is 25.7 Å². The lowest BCUT2D eigenvalue weighted by Crippen LogP contribution is -2.34. The quantitative estimate of drug-likeness (QED) is 0.341. The summed E-state index contributed by atoms with van der Waals surface area (Å²) in [6.45, 7) is 0.560. The number of unbranched alkanes of at least 4 members (excludes halogenated alkanes) is 1. The van der Waals surface area contributed by atoms with Crippen molar-refractivity contribution in [3.05, 3.63) is 59.0 Å². The monoisotopic (exact) mass is 396 g/mol. The largest absolute Gasteiger partial charge is 0.497 e. The Bertz CT molecular complexity index is 1040. The highest BCUT2D eigenvalue weighted by Gasteiger charge is 2.17. The van der Waals surface area contributed by atoms with E-state index in [9.17, 15) is 9.59 Å². The summed E-state index contributed by atoms with van der Waals surface area (Å²) in [6, 6.07) is 11.1. The Balaban J connectivity index is 1.80. The highest BCUT2D eigenvalue weighted by Crippen LogP contribution is 2.24. The first-order valence-corrected chi connectivity index (χ1v) is 9.41. The fourth-order valence-electron chi connectivity index (χ4n) is 2.96. The number of ether oxygens (including phenoxy) is 2. The van der Waals surface area contributed by atoms with Gasteiger partial charge in [-0.3, -0.25) is 4.79 Å². The predicted molar refractivity (Wildman–Crippen MR) is 111 cm³/mol. The number of hydrogen-bond donors (Lipinski definition) is 2. The van der Waals surface area contributed by atoms with Crippen molar-refractivity contribution in [2.24, 2.45) is 11.5 Å². The molecule has 0 spiro atoms. The van der Waals surface area contributed by atoms with Gasteiger partial charge in [-0.1, -0.05) is 18.6 Å². The summed E-state index contributed by atoms with van der Waals surface area (Å²) >= 11 is 0. The van der Waals surface area contributed by atoms with Crippen LogP contribution in [0.15, 0.2) is 57.9 Å². The fourth-order valence-corrected chi connectivity index (χ4v) is 2.96. The van der Waals surface area contributed by atoms with Crippen LogP contribution in [0.2, 0.25) is 0 Å². The number of nitrogens with two attached hydrogens (primary N) is 2. The summed E-state index contributed by atoms with van der Waals surface area (Å²) in [5.74, 6) is 0.447. The first-order valence-electron chi connectivity index (χ1n) is 9.41. The molecule has 1 heterocycles. The molecular formula is C22H24N2O5. The Morgan fingerprint density at radius 3 is 2.52 bits per heavy atom. The summed E-state index contributed by atoms with van der Waals surface area (Å²) in [6.07, 6.45) is 3.46. The Morgan fingerprint density at radius 2 is 1.83 bits per heavy atom. The maximum atomic E-state index is 12.8. The third-order valence-electron chi connectivity index (χ3n) is 4.64. The molecule has 2 aromatic carbocycles. The lowest BCUT2D eigenvalue weighted by Gasteiger charge is -2.11. The van der Waals surface area contributed by atoms with Crippen molar-refractivity contribution in [1.82, 2.24) is 0 Å². The molecule has 0 fully saturated rings. The van der Waals surface area contributed by atoms with Gasteiger partial charge in [0.2, 0.25) is 0 Å². The third kappa shape index (κ3) is 4.82. The van der Waals surface area contributed by atoms with E-state index >= 15 is 0 Å². The summed E-state index contributed by atoms with van der Waals surface area (Å²) in [4.78, 5) is 25.0. The zero-order chi connectivity index (χ0) is 20.8. The van der Waals surface area contributed by atoms with Crippen LogP contribution in [0.25, 0.3) is 22.1 Å². The highest BCUT2D eigenvalue weighted by atomic mass is 16.5. The molecule has 0 aliphatic rings. The molecule has 0 radical (unpaired) electrons. The van der Waals surface area contributed by atoms with Crippen LogP contribution in [0.4, 0.5) is 0 Å². The maximum absolute atomic E-state index is 12.8. The van der Waals surface area contributed by atoms with Crippen molar-refractivity contribution >= 4 is 16.9 Å². The molecule has 3 aromatic rings. The molecule has 4 N–H and O–H groups in total. The van der Waals surface area contributed by atoms with Crippen molar-refractivity contribution in [2.45, 2.75) is 25.3 Å². The van der Waals surface area contributed by atoms with Crippen LogP contribution in [0.3, 0.4) is 0 Å². The second kappa shape index (κ2) is 9.36. The summed E-state index contributed by atoms with van der Waals surface area (Å²) in [5.41, 5.74) is 12.6. The van der Waals surface area contributed by atoms with E-state index in [0.717, 1.165) is 18.4 Å². The minimum absolute atomic E-state index is 0.173. The second-order valence-corrected chi connectivity index (χ2v) is 6.68. The topological polar surface area (TPSA) is 118 Å². The zero-order valence-electron chi connectivity index (χ0n) is 16.2. The van der Waals surface area contributed by atoms with E-state index in [-0.39, 0.29) is 11.2 Å². The predicted octanol–water partition coefficient (Wildman–Crippen LogP) is 2.83. The Labute approximate surface area is 168 Å². The average molecular weight is 396 g/mol. The molecule has 1 atom stereocenters. The van der Waals surface area contributed by atoms with Gasteiger partial charge in [0.1, 0.15) is 29.4 Å². The van der Waals surface area contributed by atoms with Gasteiger partial charge in [-0.2, -0.15) is 0 Å².